The number of aryl methyl sites for hydroxylation is 1. The van der Waals surface area contributed by atoms with Gasteiger partial charge in [-0.15, -0.1) is 12.4 Å². The van der Waals surface area contributed by atoms with Crippen molar-refractivity contribution in [2.24, 2.45) is 0 Å². The first-order valence-electron chi connectivity index (χ1n) is 10.9. The molecule has 2 heterocycles. The Bertz CT molecular complexity index is 1590. The number of halogens is 3. The molecule has 182 valence electrons. The molecule has 0 aliphatic rings. The number of carbonyl (C=O) groups is 2. The normalized spacial score (nSPS) is 10.8. The Balaban J connectivity index is 0.00000304. The predicted molar refractivity (Wildman–Crippen MR) is 147 cm³/mol. The zero-order valence-corrected chi connectivity index (χ0v) is 21.0. The van der Waals surface area contributed by atoms with Crippen molar-refractivity contribution >= 4 is 75.1 Å². The van der Waals surface area contributed by atoms with Gasteiger partial charge in [-0.3, -0.25) is 9.59 Å². The molecule has 0 saturated heterocycles. The van der Waals surface area contributed by atoms with E-state index in [0.29, 0.717) is 39.1 Å². The highest BCUT2D eigenvalue weighted by molar-refractivity contribution is 6.39. The number of benzene rings is 3. The molecule has 0 spiro atoms. The summed E-state index contributed by atoms with van der Waals surface area (Å²) in [5.74, 6) is -0.680. The summed E-state index contributed by atoms with van der Waals surface area (Å²) in [6, 6.07) is 22.1. The third-order valence-corrected chi connectivity index (χ3v) is 6.32. The van der Waals surface area contributed by atoms with Crippen LogP contribution in [0.4, 0.5) is 5.82 Å². The van der Waals surface area contributed by atoms with E-state index in [1.54, 1.807) is 30.3 Å². The molecule has 5 rings (SSSR count). The Hall–Kier alpha value is -3.58. The Kier molecular flexibility index (Phi) is 7.50. The molecule has 6 nitrogen and oxygen atoms in total. The lowest BCUT2D eigenvalue weighted by molar-refractivity contribution is -0.136. The van der Waals surface area contributed by atoms with Crippen LogP contribution in [-0.4, -0.2) is 27.0 Å². The number of anilines is 1. The quantitative estimate of drug-likeness (QED) is 0.209. The lowest BCUT2D eigenvalue weighted by atomic mass is 10.0. The minimum absolute atomic E-state index is 0. The number of carbonyl (C=O) groups excluding carboxylic acids is 1. The predicted octanol–water partition coefficient (Wildman–Crippen LogP) is 7.38. The van der Waals surface area contributed by atoms with Gasteiger partial charge in [0.2, 0.25) is 0 Å². The third-order valence-electron chi connectivity index (χ3n) is 5.72. The highest BCUT2D eigenvalue weighted by Crippen LogP contribution is 2.37. The summed E-state index contributed by atoms with van der Waals surface area (Å²) >= 11 is 13.0. The van der Waals surface area contributed by atoms with Crippen LogP contribution in [0.15, 0.2) is 72.8 Å². The van der Waals surface area contributed by atoms with E-state index in [0.717, 1.165) is 27.4 Å². The van der Waals surface area contributed by atoms with Crippen molar-refractivity contribution in [2.45, 2.75) is 12.8 Å². The number of para-hydroxylation sites is 1. The van der Waals surface area contributed by atoms with Crippen molar-refractivity contribution < 1.29 is 14.7 Å². The molecule has 0 radical (unpaired) electrons. The minimum Gasteiger partial charge on any atom is -0.481 e. The molecule has 0 aliphatic heterocycles. The highest BCUT2D eigenvalue weighted by Gasteiger charge is 2.15. The SMILES string of the molecule is Cl.O=C(O)CCc1cc(Cl)c(-c2cc3ccc(C(=O)Nc4ccc5ccccc5n4)cc3[nH]2)c(Cl)c1. The highest BCUT2D eigenvalue weighted by atomic mass is 35.5. The van der Waals surface area contributed by atoms with Crippen LogP contribution in [0, 0.1) is 0 Å². The molecular formula is C27H20Cl3N3O3. The lowest BCUT2D eigenvalue weighted by Crippen LogP contribution is -2.12. The minimum atomic E-state index is -0.881. The average Bonchev–Trinajstić information content (AvgIpc) is 3.25. The zero-order valence-electron chi connectivity index (χ0n) is 18.7. The average molecular weight is 541 g/mol. The summed E-state index contributed by atoms with van der Waals surface area (Å²) in [6.07, 6.45) is 0.338. The van der Waals surface area contributed by atoms with Crippen LogP contribution in [0.2, 0.25) is 10.0 Å². The first kappa shape index (κ1) is 25.5. The first-order chi connectivity index (χ1) is 16.9. The molecular weight excluding hydrogens is 521 g/mol. The van der Waals surface area contributed by atoms with Crippen molar-refractivity contribution in [3.63, 3.8) is 0 Å². The molecule has 9 heteroatoms. The number of aromatic nitrogens is 2. The molecule has 3 aromatic carbocycles. The van der Waals surface area contributed by atoms with Gasteiger partial charge in [-0.25, -0.2) is 4.98 Å². The van der Waals surface area contributed by atoms with Gasteiger partial charge in [-0.2, -0.15) is 0 Å². The zero-order chi connectivity index (χ0) is 24.5. The largest absolute Gasteiger partial charge is 0.481 e. The van der Waals surface area contributed by atoms with Gasteiger partial charge in [-0.05, 0) is 60.5 Å². The number of fused-ring (bicyclic) bond motifs is 2. The van der Waals surface area contributed by atoms with Gasteiger partial charge in [-0.1, -0.05) is 47.5 Å². The van der Waals surface area contributed by atoms with E-state index in [9.17, 15) is 9.59 Å². The van der Waals surface area contributed by atoms with Crippen LogP contribution >= 0.6 is 35.6 Å². The summed E-state index contributed by atoms with van der Waals surface area (Å²) in [5, 5.41) is 14.5. The number of nitrogens with zero attached hydrogens (tertiary/aromatic N) is 1. The monoisotopic (exact) mass is 539 g/mol. The molecule has 5 aromatic rings. The second kappa shape index (κ2) is 10.6. The summed E-state index contributed by atoms with van der Waals surface area (Å²) in [5.41, 5.74) is 4.10. The number of rotatable bonds is 6. The number of amides is 1. The fraction of sp³-hybridized carbons (Fsp3) is 0.0741. The van der Waals surface area contributed by atoms with E-state index < -0.39 is 5.97 Å². The molecule has 0 fully saturated rings. The van der Waals surface area contributed by atoms with Crippen molar-refractivity contribution in [1.29, 1.82) is 0 Å². The van der Waals surface area contributed by atoms with Gasteiger partial charge in [0.1, 0.15) is 5.82 Å². The molecule has 0 unspecified atom stereocenters. The van der Waals surface area contributed by atoms with Crippen LogP contribution in [0.5, 0.6) is 0 Å². The van der Waals surface area contributed by atoms with Crippen molar-refractivity contribution in [3.8, 4) is 11.3 Å². The molecule has 0 bridgehead atoms. The number of aromatic amines is 1. The smallest absolute Gasteiger partial charge is 0.303 e. The number of pyridine rings is 1. The Morgan fingerprint density at radius 3 is 2.39 bits per heavy atom. The van der Waals surface area contributed by atoms with E-state index >= 15 is 0 Å². The maximum atomic E-state index is 12.9. The molecule has 0 aliphatic carbocycles. The fourth-order valence-corrected chi connectivity index (χ4v) is 4.74. The molecule has 2 aromatic heterocycles. The van der Waals surface area contributed by atoms with Crippen LogP contribution < -0.4 is 5.32 Å². The number of carboxylic acids is 1. The van der Waals surface area contributed by atoms with E-state index in [1.165, 1.54) is 0 Å². The molecule has 3 N–H and O–H groups in total. The second-order valence-electron chi connectivity index (χ2n) is 8.16. The van der Waals surface area contributed by atoms with Crippen molar-refractivity contribution in [2.75, 3.05) is 5.32 Å². The maximum absolute atomic E-state index is 12.9. The van der Waals surface area contributed by atoms with E-state index in [2.05, 4.69) is 15.3 Å². The van der Waals surface area contributed by atoms with Gasteiger partial charge in [0.05, 0.1) is 15.6 Å². The number of hydrogen-bond donors (Lipinski definition) is 3. The summed E-state index contributed by atoms with van der Waals surface area (Å²) in [4.78, 5) is 31.5. The number of carboxylic acid groups (broad SMARTS) is 1. The number of aliphatic carboxylic acids is 1. The van der Waals surface area contributed by atoms with Crippen molar-refractivity contribution in [3.05, 3.63) is 94.0 Å². The number of H-pyrrole nitrogens is 1. The first-order valence-corrected chi connectivity index (χ1v) is 11.6. The Labute approximate surface area is 222 Å². The van der Waals surface area contributed by atoms with Gasteiger partial charge in [0.15, 0.2) is 0 Å². The van der Waals surface area contributed by atoms with Crippen LogP contribution in [0.25, 0.3) is 33.1 Å². The van der Waals surface area contributed by atoms with Gasteiger partial charge < -0.3 is 15.4 Å². The van der Waals surface area contributed by atoms with Crippen LogP contribution in [0.3, 0.4) is 0 Å². The molecule has 0 saturated carbocycles. The summed E-state index contributed by atoms with van der Waals surface area (Å²) in [6.45, 7) is 0. The molecule has 36 heavy (non-hydrogen) atoms. The standard InChI is InChI=1S/C27H19Cl2N3O3.ClH/c28-19-11-15(5-10-25(33)34)12-20(29)26(19)23-13-17-6-7-18(14-22(17)30-23)27(35)32-24-9-8-16-3-1-2-4-21(16)31-24;/h1-4,6-9,11-14,30H,5,10H2,(H,33,34)(H,31,32,35);1H. The Morgan fingerprint density at radius 2 is 1.64 bits per heavy atom. The number of hydrogen-bond acceptors (Lipinski definition) is 3. The maximum Gasteiger partial charge on any atom is 0.303 e. The second-order valence-corrected chi connectivity index (χ2v) is 8.97. The van der Waals surface area contributed by atoms with Gasteiger partial charge >= 0.3 is 5.97 Å². The summed E-state index contributed by atoms with van der Waals surface area (Å²) in [7, 11) is 0. The third kappa shape index (κ3) is 5.31. The molecule has 1 amide bonds. The van der Waals surface area contributed by atoms with Crippen LogP contribution in [0.1, 0.15) is 22.3 Å². The van der Waals surface area contributed by atoms with E-state index in [4.69, 9.17) is 28.3 Å². The van der Waals surface area contributed by atoms with Gasteiger partial charge in [0.25, 0.3) is 5.91 Å². The molecule has 0 atom stereocenters. The topological polar surface area (TPSA) is 95.1 Å². The van der Waals surface area contributed by atoms with Gasteiger partial charge in [0, 0.05) is 39.5 Å². The fourth-order valence-electron chi connectivity index (χ4n) is 4.01. The number of nitrogens with one attached hydrogen (secondary N) is 2. The lowest BCUT2D eigenvalue weighted by Gasteiger charge is -2.08. The van der Waals surface area contributed by atoms with Crippen LogP contribution in [-0.2, 0) is 11.2 Å². The Morgan fingerprint density at radius 1 is 0.917 bits per heavy atom. The summed E-state index contributed by atoms with van der Waals surface area (Å²) < 4.78 is 0. The van der Waals surface area contributed by atoms with E-state index in [-0.39, 0.29) is 24.7 Å². The van der Waals surface area contributed by atoms with Crippen molar-refractivity contribution in [1.82, 2.24) is 9.97 Å². The van der Waals surface area contributed by atoms with E-state index in [1.807, 2.05) is 42.5 Å².